The van der Waals surface area contributed by atoms with E-state index in [9.17, 15) is 9.59 Å². The van der Waals surface area contributed by atoms with Gasteiger partial charge in [0.15, 0.2) is 12.2 Å². The largest absolute Gasteiger partial charge is 0.445 e. The van der Waals surface area contributed by atoms with Crippen molar-refractivity contribution in [1.29, 1.82) is 0 Å². The molecule has 0 heterocycles. The Bertz CT molecular complexity index is 919. The van der Waals surface area contributed by atoms with E-state index in [1.54, 1.807) is 32.0 Å². The minimum Gasteiger partial charge on any atom is -0.445 e. The molecule has 0 aliphatic rings. The van der Waals surface area contributed by atoms with Crippen LogP contribution in [0.4, 0.5) is 0 Å². The third kappa shape index (κ3) is 10.1. The maximum absolute atomic E-state index is 12.9. The van der Waals surface area contributed by atoms with E-state index in [1.165, 1.54) is 6.07 Å². The summed E-state index contributed by atoms with van der Waals surface area (Å²) in [4.78, 5) is 25.8. The Morgan fingerprint density at radius 1 is 0.824 bits per heavy atom. The highest BCUT2D eigenvalue weighted by Gasteiger charge is 2.23. The average Bonchev–Trinajstić information content (AvgIpc) is 2.79. The van der Waals surface area contributed by atoms with Crippen molar-refractivity contribution in [2.24, 2.45) is 11.8 Å². The van der Waals surface area contributed by atoms with Crippen LogP contribution in [0.3, 0.4) is 0 Å². The predicted molar refractivity (Wildman–Crippen MR) is 138 cm³/mol. The second-order valence-corrected chi connectivity index (χ2v) is 8.86. The fourth-order valence-electron chi connectivity index (χ4n) is 3.32. The number of esters is 2. The van der Waals surface area contributed by atoms with Crippen LogP contribution in [0, 0.1) is 35.5 Å². The van der Waals surface area contributed by atoms with E-state index < -0.39 is 24.1 Å². The van der Waals surface area contributed by atoms with Gasteiger partial charge in [0.25, 0.3) is 0 Å². The van der Waals surface area contributed by atoms with E-state index in [4.69, 9.17) is 9.47 Å². The van der Waals surface area contributed by atoms with Crippen molar-refractivity contribution in [3.05, 3.63) is 59.7 Å². The number of allylic oxidation sites excluding steroid dienone is 2. The van der Waals surface area contributed by atoms with Gasteiger partial charge in [0.1, 0.15) is 0 Å². The number of carbonyl (C=O) groups excluding carboxylic acids is 2. The van der Waals surface area contributed by atoms with E-state index >= 15 is 0 Å². The Balaban J connectivity index is 3.08. The van der Waals surface area contributed by atoms with E-state index in [2.05, 4.69) is 50.7 Å². The molecule has 1 aromatic carbocycles. The summed E-state index contributed by atoms with van der Waals surface area (Å²) in [6.07, 6.45) is 2.54. The molecule has 1 rings (SSSR count). The monoisotopic (exact) mass is 462 g/mol. The molecule has 0 saturated heterocycles. The number of rotatable bonds is 10. The molecule has 0 fully saturated rings. The molecule has 4 nitrogen and oxygen atoms in total. The van der Waals surface area contributed by atoms with Crippen molar-refractivity contribution in [2.45, 2.75) is 79.4 Å². The Kier molecular flexibility index (Phi) is 12.5. The predicted octanol–water partition coefficient (Wildman–Crippen LogP) is 6.77. The Hall–Kier alpha value is -3.24. The lowest BCUT2D eigenvalue weighted by molar-refractivity contribution is 0.0302. The molecule has 0 aromatic heterocycles. The third-order valence-electron chi connectivity index (χ3n) is 5.18. The summed E-state index contributed by atoms with van der Waals surface area (Å²) in [6.45, 7) is 19.4. The third-order valence-corrected chi connectivity index (χ3v) is 5.18. The summed E-state index contributed by atoms with van der Waals surface area (Å²) in [5.74, 6) is 10.9. The van der Waals surface area contributed by atoms with Gasteiger partial charge in [0.2, 0.25) is 0 Å². The zero-order valence-electron chi connectivity index (χ0n) is 21.5. The first-order chi connectivity index (χ1) is 16.1. The van der Waals surface area contributed by atoms with E-state index in [1.807, 2.05) is 13.8 Å². The van der Waals surface area contributed by atoms with Crippen LogP contribution in [0.2, 0.25) is 0 Å². The van der Waals surface area contributed by atoms with Gasteiger partial charge in [-0.05, 0) is 56.0 Å². The summed E-state index contributed by atoms with van der Waals surface area (Å²) < 4.78 is 11.4. The van der Waals surface area contributed by atoms with Crippen LogP contribution in [0.5, 0.6) is 0 Å². The summed E-state index contributed by atoms with van der Waals surface area (Å²) in [6, 6.07) is 6.36. The van der Waals surface area contributed by atoms with Crippen molar-refractivity contribution in [3.63, 3.8) is 0 Å². The van der Waals surface area contributed by atoms with Crippen LogP contribution in [-0.4, -0.2) is 24.1 Å². The molecule has 0 aliphatic carbocycles. The minimum absolute atomic E-state index is 0.0710. The highest BCUT2D eigenvalue weighted by Crippen LogP contribution is 2.19. The topological polar surface area (TPSA) is 52.6 Å². The van der Waals surface area contributed by atoms with Crippen LogP contribution >= 0.6 is 0 Å². The zero-order valence-corrected chi connectivity index (χ0v) is 21.5. The van der Waals surface area contributed by atoms with Gasteiger partial charge < -0.3 is 9.47 Å². The number of hydrogen-bond acceptors (Lipinski definition) is 4. The van der Waals surface area contributed by atoms with Crippen LogP contribution in [0.15, 0.2) is 48.6 Å². The molecule has 0 aliphatic heterocycles. The minimum atomic E-state index is -0.559. The molecule has 0 amide bonds. The van der Waals surface area contributed by atoms with Crippen molar-refractivity contribution < 1.29 is 19.1 Å². The van der Waals surface area contributed by atoms with Crippen LogP contribution in [0.25, 0.3) is 0 Å². The molecule has 0 bridgehead atoms. The van der Waals surface area contributed by atoms with Gasteiger partial charge in [-0.2, -0.15) is 0 Å². The first-order valence-corrected chi connectivity index (χ1v) is 11.9. The van der Waals surface area contributed by atoms with Gasteiger partial charge in [-0.25, -0.2) is 9.59 Å². The molecule has 0 N–H and O–H groups in total. The number of ether oxygens (including phenoxy) is 2. The summed E-state index contributed by atoms with van der Waals surface area (Å²) in [7, 11) is 0. The lowest BCUT2D eigenvalue weighted by Gasteiger charge is -2.20. The van der Waals surface area contributed by atoms with Crippen molar-refractivity contribution in [2.75, 3.05) is 0 Å². The van der Waals surface area contributed by atoms with Crippen LogP contribution in [-0.2, 0) is 9.47 Å². The standard InChI is InChI=1S/C30H38O4/c1-9-12-23(7)27(18-16-21(3)4)33-29(31)25-14-11-15-26(20-25)30(32)34-28(19-17-22(5)6)24(8)13-10-2/h11,14-15,20,23-24,27-28H,3,5,9-10,12-13H2,1-2,4,6-8H3. The van der Waals surface area contributed by atoms with Gasteiger partial charge in [0.05, 0.1) is 11.1 Å². The molecule has 4 heteroatoms. The number of carbonyl (C=O) groups is 2. The fourth-order valence-corrected chi connectivity index (χ4v) is 3.32. The van der Waals surface area contributed by atoms with Crippen LogP contribution in [0.1, 0.15) is 87.9 Å². The van der Waals surface area contributed by atoms with Crippen molar-refractivity contribution in [3.8, 4) is 23.7 Å². The van der Waals surface area contributed by atoms with Crippen molar-refractivity contribution in [1.82, 2.24) is 0 Å². The second kappa shape index (κ2) is 14.8. The normalized spacial score (nSPS) is 13.6. The molecule has 182 valence electrons. The Labute approximate surface area is 205 Å². The van der Waals surface area contributed by atoms with Gasteiger partial charge in [0, 0.05) is 11.8 Å². The average molecular weight is 463 g/mol. The molecule has 0 radical (unpaired) electrons. The maximum Gasteiger partial charge on any atom is 0.339 e. The molecule has 0 saturated carbocycles. The summed E-state index contributed by atoms with van der Waals surface area (Å²) in [5.41, 5.74) is 1.95. The quantitative estimate of drug-likeness (QED) is 0.284. The first-order valence-electron chi connectivity index (χ1n) is 11.9. The Morgan fingerprint density at radius 3 is 1.53 bits per heavy atom. The highest BCUT2D eigenvalue weighted by molar-refractivity contribution is 5.95. The van der Waals surface area contributed by atoms with Gasteiger partial charge in [-0.1, -0.05) is 83.4 Å². The van der Waals surface area contributed by atoms with E-state index in [0.717, 1.165) is 25.7 Å². The first kappa shape index (κ1) is 28.8. The Morgan fingerprint density at radius 2 is 1.21 bits per heavy atom. The number of hydrogen-bond donors (Lipinski definition) is 0. The molecule has 34 heavy (non-hydrogen) atoms. The summed E-state index contributed by atoms with van der Waals surface area (Å²) >= 11 is 0. The summed E-state index contributed by atoms with van der Waals surface area (Å²) in [5, 5.41) is 0. The molecule has 1 aromatic rings. The molecular formula is C30H38O4. The molecule has 4 atom stereocenters. The van der Waals surface area contributed by atoms with Crippen LogP contribution < -0.4 is 0 Å². The van der Waals surface area contributed by atoms with E-state index in [-0.39, 0.29) is 23.0 Å². The van der Waals surface area contributed by atoms with Gasteiger partial charge >= 0.3 is 11.9 Å². The molecular weight excluding hydrogens is 424 g/mol. The van der Waals surface area contributed by atoms with Gasteiger partial charge in [-0.15, -0.1) is 0 Å². The van der Waals surface area contributed by atoms with E-state index in [0.29, 0.717) is 11.1 Å². The van der Waals surface area contributed by atoms with Gasteiger partial charge in [-0.3, -0.25) is 0 Å². The fraction of sp³-hybridized carbons (Fsp3) is 0.467. The lowest BCUT2D eigenvalue weighted by Crippen LogP contribution is -2.25. The molecule has 4 unspecified atom stereocenters. The zero-order chi connectivity index (χ0) is 25.7. The smallest absolute Gasteiger partial charge is 0.339 e. The van der Waals surface area contributed by atoms with Crippen molar-refractivity contribution >= 4 is 11.9 Å². The highest BCUT2D eigenvalue weighted by atomic mass is 16.5. The molecule has 0 spiro atoms. The lowest BCUT2D eigenvalue weighted by atomic mass is 9.99. The maximum atomic E-state index is 12.9. The number of benzene rings is 1. The SMILES string of the molecule is C=C(C)C#CC(OC(=O)c1cccc(C(=O)OC(C#CC(=C)C)C(C)CCC)c1)C(C)CCC. The second-order valence-electron chi connectivity index (χ2n) is 8.86.